The molecule has 7 nitrogen and oxygen atoms in total. The number of guanidine groups is 1. The molecule has 0 aromatic heterocycles. The average molecular weight is 531 g/mol. The van der Waals surface area contributed by atoms with Crippen LogP contribution in [-0.4, -0.2) is 94.5 Å². The van der Waals surface area contributed by atoms with Crippen LogP contribution in [0.1, 0.15) is 24.1 Å². The van der Waals surface area contributed by atoms with Gasteiger partial charge in [-0.05, 0) is 19.4 Å². The van der Waals surface area contributed by atoms with Crippen molar-refractivity contribution in [2.24, 2.45) is 4.99 Å². The molecule has 0 amide bonds. The van der Waals surface area contributed by atoms with Crippen LogP contribution in [0.5, 0.6) is 0 Å². The van der Waals surface area contributed by atoms with Crippen molar-refractivity contribution in [3.05, 3.63) is 35.4 Å². The molecule has 1 aromatic rings. The maximum Gasteiger partial charge on any atom is 0.191 e. The summed E-state index contributed by atoms with van der Waals surface area (Å²) >= 11 is 0. The van der Waals surface area contributed by atoms with Crippen LogP contribution in [0, 0.1) is 6.92 Å². The van der Waals surface area contributed by atoms with Gasteiger partial charge in [0.05, 0.1) is 39.0 Å². The van der Waals surface area contributed by atoms with Crippen molar-refractivity contribution in [1.82, 2.24) is 20.4 Å². The first-order valence-electron chi connectivity index (χ1n) is 11.0. The first-order chi connectivity index (χ1) is 14.3. The van der Waals surface area contributed by atoms with Crippen LogP contribution in [-0.2, 0) is 9.47 Å². The fourth-order valence-corrected chi connectivity index (χ4v) is 3.87. The fourth-order valence-electron chi connectivity index (χ4n) is 3.87. The van der Waals surface area contributed by atoms with Crippen molar-refractivity contribution in [3.63, 3.8) is 0 Å². The van der Waals surface area contributed by atoms with Gasteiger partial charge in [-0.2, -0.15) is 0 Å². The third-order valence-electron chi connectivity index (χ3n) is 5.50. The molecule has 1 aromatic carbocycles. The second-order valence-electron chi connectivity index (χ2n) is 7.68. The van der Waals surface area contributed by atoms with Crippen molar-refractivity contribution in [3.8, 4) is 0 Å². The minimum absolute atomic E-state index is 0. The van der Waals surface area contributed by atoms with Crippen molar-refractivity contribution in [2.45, 2.75) is 19.9 Å². The first kappa shape index (κ1) is 25.3. The van der Waals surface area contributed by atoms with E-state index in [1.165, 1.54) is 11.1 Å². The first-order valence-corrected chi connectivity index (χ1v) is 11.0. The summed E-state index contributed by atoms with van der Waals surface area (Å²) in [5.74, 6) is 0.895. The van der Waals surface area contributed by atoms with Crippen molar-refractivity contribution in [1.29, 1.82) is 0 Å². The normalized spacial score (nSPS) is 19.7. The molecule has 2 fully saturated rings. The summed E-state index contributed by atoms with van der Waals surface area (Å²) < 4.78 is 11.0. The monoisotopic (exact) mass is 531 g/mol. The van der Waals surface area contributed by atoms with Crippen molar-refractivity contribution in [2.75, 3.05) is 78.8 Å². The SMILES string of the molecule is CCNC(=NCC(c1cccc(C)c1)N1CCOCC1)NCCN1CCOCC1.I. The van der Waals surface area contributed by atoms with Crippen LogP contribution in [0.25, 0.3) is 0 Å². The van der Waals surface area contributed by atoms with Crippen LogP contribution in [0.15, 0.2) is 29.3 Å². The smallest absolute Gasteiger partial charge is 0.191 e. The number of ether oxygens (including phenoxy) is 2. The molecule has 2 aliphatic heterocycles. The molecule has 0 saturated carbocycles. The van der Waals surface area contributed by atoms with E-state index in [1.807, 2.05) is 0 Å². The van der Waals surface area contributed by atoms with E-state index in [0.717, 1.165) is 84.7 Å². The van der Waals surface area contributed by atoms with Gasteiger partial charge < -0.3 is 20.1 Å². The summed E-state index contributed by atoms with van der Waals surface area (Å²) in [7, 11) is 0. The average Bonchev–Trinajstić information content (AvgIpc) is 2.75. The van der Waals surface area contributed by atoms with Crippen LogP contribution >= 0.6 is 24.0 Å². The molecule has 0 radical (unpaired) electrons. The van der Waals surface area contributed by atoms with E-state index in [-0.39, 0.29) is 30.0 Å². The van der Waals surface area contributed by atoms with Crippen molar-refractivity contribution >= 4 is 29.9 Å². The quantitative estimate of drug-likeness (QED) is 0.304. The van der Waals surface area contributed by atoms with E-state index < -0.39 is 0 Å². The predicted molar refractivity (Wildman–Crippen MR) is 133 cm³/mol. The van der Waals surface area contributed by atoms with Crippen molar-refractivity contribution < 1.29 is 9.47 Å². The molecule has 1 unspecified atom stereocenters. The molecule has 30 heavy (non-hydrogen) atoms. The molecule has 2 N–H and O–H groups in total. The summed E-state index contributed by atoms with van der Waals surface area (Å²) in [4.78, 5) is 9.88. The lowest BCUT2D eigenvalue weighted by molar-refractivity contribution is 0.0179. The topological polar surface area (TPSA) is 61.4 Å². The number of rotatable bonds is 8. The Morgan fingerprint density at radius 3 is 2.43 bits per heavy atom. The number of nitrogens with zero attached hydrogens (tertiary/aromatic N) is 3. The number of aryl methyl sites for hydroxylation is 1. The van der Waals surface area contributed by atoms with Gasteiger partial charge in [0.15, 0.2) is 5.96 Å². The molecular weight excluding hydrogens is 493 g/mol. The van der Waals surface area contributed by atoms with E-state index in [1.54, 1.807) is 0 Å². The number of halogens is 1. The molecule has 3 rings (SSSR count). The number of hydrogen-bond donors (Lipinski definition) is 2. The number of benzene rings is 1. The summed E-state index contributed by atoms with van der Waals surface area (Å²) in [6.07, 6.45) is 0. The van der Waals surface area contributed by atoms with Crippen LogP contribution in [0.2, 0.25) is 0 Å². The third kappa shape index (κ3) is 8.30. The second kappa shape index (κ2) is 14.2. The van der Waals surface area contributed by atoms with Gasteiger partial charge in [-0.1, -0.05) is 29.8 Å². The minimum atomic E-state index is 0. The van der Waals surface area contributed by atoms with Crippen LogP contribution in [0.3, 0.4) is 0 Å². The number of morpholine rings is 2. The van der Waals surface area contributed by atoms with Gasteiger partial charge >= 0.3 is 0 Å². The van der Waals surface area contributed by atoms with Gasteiger partial charge in [0, 0.05) is 45.8 Å². The Morgan fingerprint density at radius 1 is 1.07 bits per heavy atom. The zero-order valence-corrected chi connectivity index (χ0v) is 20.8. The maximum absolute atomic E-state index is 5.57. The molecule has 8 heteroatoms. The summed E-state index contributed by atoms with van der Waals surface area (Å²) in [5.41, 5.74) is 2.63. The highest BCUT2D eigenvalue weighted by Gasteiger charge is 2.22. The molecule has 170 valence electrons. The highest BCUT2D eigenvalue weighted by molar-refractivity contribution is 14.0. The Bertz CT molecular complexity index is 634. The van der Waals surface area contributed by atoms with E-state index in [0.29, 0.717) is 0 Å². The molecule has 1 atom stereocenters. The molecule has 0 spiro atoms. The van der Waals surface area contributed by atoms with E-state index in [4.69, 9.17) is 14.5 Å². The largest absolute Gasteiger partial charge is 0.379 e. The Kier molecular flexibility index (Phi) is 12.0. The van der Waals surface area contributed by atoms with Gasteiger partial charge in [0.1, 0.15) is 0 Å². The minimum Gasteiger partial charge on any atom is -0.379 e. The Labute approximate surface area is 198 Å². The van der Waals surface area contributed by atoms with Gasteiger partial charge in [0.25, 0.3) is 0 Å². The van der Waals surface area contributed by atoms with Gasteiger partial charge in [0.2, 0.25) is 0 Å². The van der Waals surface area contributed by atoms with Crippen LogP contribution < -0.4 is 10.6 Å². The highest BCUT2D eigenvalue weighted by Crippen LogP contribution is 2.23. The Hall–Kier alpha value is -0.940. The second-order valence-corrected chi connectivity index (χ2v) is 7.68. The predicted octanol–water partition coefficient (Wildman–Crippen LogP) is 1.87. The van der Waals surface area contributed by atoms with E-state index >= 15 is 0 Å². The van der Waals surface area contributed by atoms with E-state index in [9.17, 15) is 0 Å². The van der Waals surface area contributed by atoms with Gasteiger partial charge in [-0.25, -0.2) is 0 Å². The third-order valence-corrected chi connectivity index (χ3v) is 5.50. The number of hydrogen-bond acceptors (Lipinski definition) is 5. The van der Waals surface area contributed by atoms with Gasteiger partial charge in [-0.3, -0.25) is 14.8 Å². The Balaban J connectivity index is 0.00000320. The molecular formula is C22H38IN5O2. The molecule has 2 aliphatic rings. The lowest BCUT2D eigenvalue weighted by Crippen LogP contribution is -2.45. The number of nitrogens with one attached hydrogen (secondary N) is 2. The standard InChI is InChI=1S/C22H37N5O2.HI/c1-3-23-22(24-7-8-26-9-13-28-14-10-26)25-18-21(27-11-15-29-16-12-27)20-6-4-5-19(2)17-20;/h4-6,17,21H,3,7-16,18H2,1-2H3,(H2,23,24,25);1H. The summed E-state index contributed by atoms with van der Waals surface area (Å²) in [6.45, 7) is 15.0. The summed E-state index contributed by atoms with van der Waals surface area (Å²) in [5, 5.41) is 6.90. The zero-order chi connectivity index (χ0) is 20.3. The fraction of sp³-hybridized carbons (Fsp3) is 0.682. The number of aliphatic imine (C=N–C) groups is 1. The molecule has 0 bridgehead atoms. The summed E-state index contributed by atoms with van der Waals surface area (Å²) in [6, 6.07) is 9.08. The lowest BCUT2D eigenvalue weighted by atomic mass is 10.0. The highest BCUT2D eigenvalue weighted by atomic mass is 127. The van der Waals surface area contributed by atoms with E-state index in [2.05, 4.69) is 58.5 Å². The zero-order valence-electron chi connectivity index (χ0n) is 18.4. The molecule has 2 saturated heterocycles. The molecule has 0 aliphatic carbocycles. The van der Waals surface area contributed by atoms with Crippen LogP contribution in [0.4, 0.5) is 0 Å². The molecule has 2 heterocycles. The Morgan fingerprint density at radius 2 is 1.77 bits per heavy atom. The maximum atomic E-state index is 5.57. The van der Waals surface area contributed by atoms with Gasteiger partial charge in [-0.15, -0.1) is 24.0 Å². The lowest BCUT2D eigenvalue weighted by Gasteiger charge is -2.34.